The van der Waals surface area contributed by atoms with Crippen LogP contribution in [0.5, 0.6) is 0 Å². The van der Waals surface area contributed by atoms with Crippen LogP contribution < -0.4 is 11.1 Å². The van der Waals surface area contributed by atoms with Gasteiger partial charge in [0.05, 0.1) is 0 Å². The maximum Gasteiger partial charge on any atom is 0.144 e. The van der Waals surface area contributed by atoms with Crippen LogP contribution >= 0.6 is 0 Å². The number of nitrogens with zero attached hydrogens (tertiary/aromatic N) is 1. The van der Waals surface area contributed by atoms with Gasteiger partial charge in [-0.15, -0.1) is 0 Å². The van der Waals surface area contributed by atoms with Gasteiger partial charge in [0, 0.05) is 11.0 Å². The molecule has 20 heavy (non-hydrogen) atoms. The molecular weight excluding hydrogens is 250 g/mol. The smallest absolute Gasteiger partial charge is 0.144 e. The van der Waals surface area contributed by atoms with Crippen LogP contribution in [0.2, 0.25) is 0 Å². The summed E-state index contributed by atoms with van der Waals surface area (Å²) in [7, 11) is 0. The molecule has 0 rings (SSSR count). The third-order valence-corrected chi connectivity index (χ3v) is 3.61. The number of hydrogen-bond acceptors (Lipinski definition) is 3. The molecule has 0 spiro atoms. The lowest BCUT2D eigenvalue weighted by Gasteiger charge is -2.33. The molecule has 0 saturated heterocycles. The fraction of sp³-hybridized carbons (Fsp3) is 0.938. The molecule has 0 bridgehead atoms. The van der Waals surface area contributed by atoms with Crippen molar-refractivity contribution in [3.05, 3.63) is 0 Å². The summed E-state index contributed by atoms with van der Waals surface area (Å²) in [6.45, 7) is 16.4. The Balaban J connectivity index is 3.99. The van der Waals surface area contributed by atoms with Crippen LogP contribution in [0.1, 0.15) is 74.1 Å². The normalized spacial score (nSPS) is 14.7. The quantitative estimate of drug-likeness (QED) is 0.209. The Hall–Kier alpha value is -0.770. The molecular formula is C16H35N3O. The van der Waals surface area contributed by atoms with Gasteiger partial charge in [-0.2, -0.15) is 0 Å². The lowest BCUT2D eigenvalue weighted by molar-refractivity contribution is 0.240. The van der Waals surface area contributed by atoms with Crippen molar-refractivity contribution in [2.75, 3.05) is 6.54 Å². The van der Waals surface area contributed by atoms with Crippen LogP contribution in [0.25, 0.3) is 0 Å². The van der Waals surface area contributed by atoms with E-state index in [0.29, 0.717) is 11.3 Å². The molecule has 0 saturated carbocycles. The van der Waals surface area contributed by atoms with Crippen LogP contribution in [0, 0.1) is 10.8 Å². The summed E-state index contributed by atoms with van der Waals surface area (Å²) in [4.78, 5) is 0. The summed E-state index contributed by atoms with van der Waals surface area (Å²) in [6.07, 6.45) is 4.26. The summed E-state index contributed by atoms with van der Waals surface area (Å²) in [6, 6.07) is 0. The van der Waals surface area contributed by atoms with Crippen LogP contribution in [0.3, 0.4) is 0 Å². The Morgan fingerprint density at radius 2 is 1.60 bits per heavy atom. The average Bonchev–Trinajstić information content (AvgIpc) is 2.23. The predicted molar refractivity (Wildman–Crippen MR) is 87.2 cm³/mol. The van der Waals surface area contributed by atoms with Crippen molar-refractivity contribution in [3.8, 4) is 0 Å². The van der Waals surface area contributed by atoms with E-state index in [1.165, 1.54) is 0 Å². The molecule has 4 nitrogen and oxygen atoms in total. The van der Waals surface area contributed by atoms with E-state index in [1.54, 1.807) is 0 Å². The Morgan fingerprint density at radius 1 is 1.05 bits per heavy atom. The Kier molecular flexibility index (Phi) is 7.02. The van der Waals surface area contributed by atoms with E-state index in [-0.39, 0.29) is 11.0 Å². The Morgan fingerprint density at radius 3 is 2.05 bits per heavy atom. The van der Waals surface area contributed by atoms with Crippen LogP contribution in [-0.2, 0) is 0 Å². The summed E-state index contributed by atoms with van der Waals surface area (Å²) in [5.74, 6) is 0.318. The van der Waals surface area contributed by atoms with Gasteiger partial charge in [0.25, 0.3) is 0 Å². The SMILES string of the molecule is CC(C)(C)CC(C)(C)NCCCCC(C)(C)C(N)=NO. The van der Waals surface area contributed by atoms with Crippen LogP contribution in [-0.4, -0.2) is 23.1 Å². The minimum absolute atomic E-state index is 0.166. The third-order valence-electron chi connectivity index (χ3n) is 3.61. The first kappa shape index (κ1) is 19.2. The van der Waals surface area contributed by atoms with E-state index in [0.717, 1.165) is 32.2 Å². The molecule has 0 fully saturated rings. The molecule has 0 heterocycles. The highest BCUT2D eigenvalue weighted by molar-refractivity contribution is 5.85. The van der Waals surface area contributed by atoms with Gasteiger partial charge in [-0.1, -0.05) is 46.2 Å². The highest BCUT2D eigenvalue weighted by atomic mass is 16.4. The van der Waals surface area contributed by atoms with Gasteiger partial charge in [0.15, 0.2) is 0 Å². The van der Waals surface area contributed by atoms with Crippen molar-refractivity contribution in [2.24, 2.45) is 21.7 Å². The second-order valence-corrected chi connectivity index (χ2v) is 8.37. The van der Waals surface area contributed by atoms with Crippen molar-refractivity contribution in [3.63, 3.8) is 0 Å². The second-order valence-electron chi connectivity index (χ2n) is 8.37. The summed E-state index contributed by atoms with van der Waals surface area (Å²) >= 11 is 0. The number of oxime groups is 1. The number of nitrogens with two attached hydrogens (primary N) is 1. The zero-order valence-electron chi connectivity index (χ0n) is 14.5. The molecule has 0 atom stereocenters. The summed E-state index contributed by atoms with van der Waals surface area (Å²) < 4.78 is 0. The van der Waals surface area contributed by atoms with Crippen molar-refractivity contribution in [1.82, 2.24) is 5.32 Å². The lowest BCUT2D eigenvalue weighted by atomic mass is 9.81. The number of nitrogens with one attached hydrogen (secondary N) is 1. The van der Waals surface area contributed by atoms with Gasteiger partial charge in [-0.3, -0.25) is 0 Å². The van der Waals surface area contributed by atoms with Gasteiger partial charge < -0.3 is 16.3 Å². The fourth-order valence-corrected chi connectivity index (χ4v) is 2.77. The predicted octanol–water partition coefficient (Wildman–Crippen LogP) is 3.73. The maximum atomic E-state index is 8.74. The molecule has 0 aliphatic rings. The maximum absolute atomic E-state index is 8.74. The van der Waals surface area contributed by atoms with Gasteiger partial charge in [-0.05, 0) is 45.1 Å². The molecule has 120 valence electrons. The molecule has 0 aromatic carbocycles. The topological polar surface area (TPSA) is 70.6 Å². The Bertz CT molecular complexity index is 314. The molecule has 0 aliphatic heterocycles. The third kappa shape index (κ3) is 8.41. The molecule has 0 aromatic rings. The van der Waals surface area contributed by atoms with Gasteiger partial charge in [0.1, 0.15) is 5.84 Å². The summed E-state index contributed by atoms with van der Waals surface area (Å²) in [5, 5.41) is 15.5. The van der Waals surface area contributed by atoms with E-state index in [2.05, 4.69) is 45.1 Å². The van der Waals surface area contributed by atoms with Crippen molar-refractivity contribution in [2.45, 2.75) is 79.7 Å². The van der Waals surface area contributed by atoms with E-state index in [4.69, 9.17) is 10.9 Å². The lowest BCUT2D eigenvalue weighted by Crippen LogP contribution is -2.42. The Labute approximate surface area is 125 Å². The van der Waals surface area contributed by atoms with Gasteiger partial charge in [0.2, 0.25) is 0 Å². The standard InChI is InChI=1S/C16H35N3O/c1-14(2,3)12-16(6,7)18-11-9-8-10-15(4,5)13(17)19-20/h18,20H,8-12H2,1-7H3,(H2,17,19). The highest BCUT2D eigenvalue weighted by Crippen LogP contribution is 2.27. The molecule has 0 aromatic heterocycles. The van der Waals surface area contributed by atoms with Gasteiger partial charge >= 0.3 is 0 Å². The van der Waals surface area contributed by atoms with Crippen molar-refractivity contribution in [1.29, 1.82) is 0 Å². The zero-order chi connectivity index (χ0) is 16.0. The molecule has 0 radical (unpaired) electrons. The monoisotopic (exact) mass is 285 g/mol. The van der Waals surface area contributed by atoms with E-state index in [9.17, 15) is 0 Å². The van der Waals surface area contributed by atoms with E-state index in [1.807, 2.05) is 13.8 Å². The first-order valence-corrected chi connectivity index (χ1v) is 7.63. The first-order chi connectivity index (χ1) is 8.90. The molecule has 4 N–H and O–H groups in total. The number of unbranched alkanes of at least 4 members (excludes halogenated alkanes) is 1. The van der Waals surface area contributed by atoms with Crippen molar-refractivity contribution >= 4 is 5.84 Å². The number of hydrogen-bond donors (Lipinski definition) is 3. The highest BCUT2D eigenvalue weighted by Gasteiger charge is 2.25. The zero-order valence-corrected chi connectivity index (χ0v) is 14.5. The second kappa shape index (κ2) is 7.30. The minimum atomic E-state index is -0.227. The number of rotatable bonds is 8. The fourth-order valence-electron chi connectivity index (χ4n) is 2.77. The molecule has 0 unspecified atom stereocenters. The molecule has 0 aliphatic carbocycles. The van der Waals surface area contributed by atoms with Crippen LogP contribution in [0.4, 0.5) is 0 Å². The first-order valence-electron chi connectivity index (χ1n) is 7.63. The minimum Gasteiger partial charge on any atom is -0.409 e. The summed E-state index contributed by atoms with van der Waals surface area (Å²) in [5.41, 5.74) is 5.97. The largest absolute Gasteiger partial charge is 0.409 e. The van der Waals surface area contributed by atoms with Gasteiger partial charge in [-0.25, -0.2) is 0 Å². The van der Waals surface area contributed by atoms with Crippen LogP contribution in [0.15, 0.2) is 5.16 Å². The van der Waals surface area contributed by atoms with Crippen molar-refractivity contribution < 1.29 is 5.21 Å². The van der Waals surface area contributed by atoms with E-state index >= 15 is 0 Å². The van der Waals surface area contributed by atoms with E-state index < -0.39 is 0 Å². The molecule has 0 amide bonds. The average molecular weight is 285 g/mol. The molecule has 4 heteroatoms. The number of amidine groups is 1.